The Morgan fingerprint density at radius 2 is 1.77 bits per heavy atom. The monoisotopic (exact) mass is 577 g/mol. The third-order valence-corrected chi connectivity index (χ3v) is 8.12. The summed E-state index contributed by atoms with van der Waals surface area (Å²) in [5, 5.41) is 10.9. The number of amides is 1. The van der Waals surface area contributed by atoms with Crippen molar-refractivity contribution < 1.29 is 14.3 Å². The first kappa shape index (κ1) is 26.5. The molecule has 206 valence electrons. The van der Waals surface area contributed by atoms with E-state index in [0.717, 1.165) is 34.0 Å². The highest BCUT2D eigenvalue weighted by molar-refractivity contribution is 6.30. The fourth-order valence-electron chi connectivity index (χ4n) is 5.31. The van der Waals surface area contributed by atoms with E-state index >= 15 is 0 Å². The Morgan fingerprint density at radius 1 is 1.05 bits per heavy atom. The number of halogens is 2. The molecular formula is C30H29Cl2N5O3. The normalized spacial score (nSPS) is 19.7. The topological polar surface area (TPSA) is 85.3 Å². The van der Waals surface area contributed by atoms with E-state index in [-0.39, 0.29) is 17.3 Å². The average molecular weight is 579 g/mol. The number of hydrogen-bond donors (Lipinski definition) is 1. The van der Waals surface area contributed by atoms with Crippen LogP contribution in [0.4, 0.5) is 4.79 Å². The van der Waals surface area contributed by atoms with Crippen LogP contribution in [0, 0.1) is 5.92 Å². The quantitative estimate of drug-likeness (QED) is 0.254. The maximum absolute atomic E-state index is 13.5. The second kappa shape index (κ2) is 11.4. The number of hydrogen-bond acceptors (Lipinski definition) is 5. The number of nitrogens with zero attached hydrogens (tertiary/aromatic N) is 4. The van der Waals surface area contributed by atoms with E-state index in [1.165, 1.54) is 5.56 Å². The number of carbonyl (C=O) groups is 1. The second-order valence-corrected chi connectivity index (χ2v) is 11.0. The molecule has 0 fully saturated rings. The zero-order valence-electron chi connectivity index (χ0n) is 22.0. The molecule has 3 heterocycles. The lowest BCUT2D eigenvalue weighted by atomic mass is 9.92. The standard InChI is InChI=1S/C30H29Cl2N5O3/c1-19-17-27-25(18-26(19)32)24-11-15-36(30(38)40-23-9-5-21(31)6-10-23)29(28(24)35-27)20-3-7-22(8-4-20)39-16-2-14-37-33-12-13-34-37/h3-10,12-13,17-19,26,29,35H,2,11,14-16H2,1H3. The number of H-pyrrole nitrogens is 1. The Labute approximate surface area is 241 Å². The summed E-state index contributed by atoms with van der Waals surface area (Å²) in [5.41, 5.74) is 3.13. The Balaban J connectivity index is 1.27. The Bertz CT molecular complexity index is 1600. The highest BCUT2D eigenvalue weighted by Crippen LogP contribution is 2.34. The van der Waals surface area contributed by atoms with Crippen LogP contribution in [-0.4, -0.2) is 49.5 Å². The third-order valence-electron chi connectivity index (χ3n) is 7.34. The van der Waals surface area contributed by atoms with Crippen LogP contribution in [-0.2, 0) is 13.0 Å². The minimum absolute atomic E-state index is 0.0701. The van der Waals surface area contributed by atoms with Gasteiger partial charge in [-0.25, -0.2) is 4.79 Å². The zero-order chi connectivity index (χ0) is 27.6. The van der Waals surface area contributed by atoms with Crippen molar-refractivity contribution in [2.24, 2.45) is 5.92 Å². The molecule has 6 rings (SSSR count). The van der Waals surface area contributed by atoms with E-state index in [1.807, 2.05) is 24.3 Å². The van der Waals surface area contributed by atoms with E-state index in [9.17, 15) is 4.79 Å². The second-order valence-electron chi connectivity index (χ2n) is 10.0. The number of aryl methyl sites for hydroxylation is 1. The van der Waals surface area contributed by atoms with E-state index in [0.29, 0.717) is 36.9 Å². The first-order valence-electron chi connectivity index (χ1n) is 13.4. The molecule has 0 spiro atoms. The maximum atomic E-state index is 13.5. The van der Waals surface area contributed by atoms with Gasteiger partial charge in [0.15, 0.2) is 0 Å². The number of aromatic nitrogens is 4. The lowest BCUT2D eigenvalue weighted by molar-refractivity contribution is 0.135. The van der Waals surface area contributed by atoms with E-state index in [4.69, 9.17) is 32.7 Å². The summed E-state index contributed by atoms with van der Waals surface area (Å²) in [5.74, 6) is 1.41. The van der Waals surface area contributed by atoms with Crippen molar-refractivity contribution in [1.29, 1.82) is 0 Å². The summed E-state index contributed by atoms with van der Waals surface area (Å²) in [7, 11) is 0. The molecule has 0 bridgehead atoms. The van der Waals surface area contributed by atoms with Gasteiger partial charge in [0.2, 0.25) is 0 Å². The van der Waals surface area contributed by atoms with Gasteiger partial charge in [0.25, 0.3) is 0 Å². The van der Waals surface area contributed by atoms with Crippen molar-refractivity contribution >= 4 is 41.4 Å². The van der Waals surface area contributed by atoms with Crippen molar-refractivity contribution in [2.45, 2.75) is 37.7 Å². The summed E-state index contributed by atoms with van der Waals surface area (Å²) < 4.78 is 11.7. The Kier molecular flexibility index (Phi) is 7.54. The molecule has 1 N–H and O–H groups in total. The fourth-order valence-corrected chi connectivity index (χ4v) is 5.63. The minimum atomic E-state index is -0.422. The van der Waals surface area contributed by atoms with Gasteiger partial charge in [0.05, 0.1) is 30.9 Å². The van der Waals surface area contributed by atoms with Gasteiger partial charge >= 0.3 is 6.09 Å². The van der Waals surface area contributed by atoms with Gasteiger partial charge < -0.3 is 14.5 Å². The smallest absolute Gasteiger partial charge is 0.416 e. The predicted octanol–water partition coefficient (Wildman–Crippen LogP) is 4.69. The van der Waals surface area contributed by atoms with Crippen molar-refractivity contribution in [3.63, 3.8) is 0 Å². The molecule has 2 aromatic carbocycles. The van der Waals surface area contributed by atoms with Crippen molar-refractivity contribution in [3.05, 3.63) is 93.3 Å². The molecule has 0 saturated heterocycles. The van der Waals surface area contributed by atoms with Crippen LogP contribution >= 0.6 is 23.2 Å². The van der Waals surface area contributed by atoms with Crippen molar-refractivity contribution in [1.82, 2.24) is 24.9 Å². The molecule has 0 saturated carbocycles. The Morgan fingerprint density at radius 3 is 2.52 bits per heavy atom. The summed E-state index contributed by atoms with van der Waals surface area (Å²) in [6.07, 6.45) is 8.69. The van der Waals surface area contributed by atoms with E-state index < -0.39 is 6.09 Å². The number of rotatable bonds is 7. The molecule has 2 aliphatic rings. The fraction of sp³-hybridized carbons (Fsp3) is 0.300. The molecule has 40 heavy (non-hydrogen) atoms. The lowest BCUT2D eigenvalue weighted by Gasteiger charge is -2.35. The number of carbonyl (C=O) groups excluding carboxylic acids is 1. The third kappa shape index (κ3) is 5.46. The number of fused-ring (bicyclic) bond motifs is 3. The largest absolute Gasteiger partial charge is 0.494 e. The number of benzene rings is 2. The van der Waals surface area contributed by atoms with E-state index in [2.05, 4.69) is 34.3 Å². The average Bonchev–Trinajstić information content (AvgIpc) is 3.60. The van der Waals surface area contributed by atoms with Gasteiger partial charge in [-0.05, 0) is 59.9 Å². The van der Waals surface area contributed by atoms with Crippen LogP contribution in [0.2, 0.25) is 5.02 Å². The number of nitrogens with one attached hydrogen (secondary N) is 1. The van der Waals surface area contributed by atoms with Crippen LogP contribution in [0.3, 0.4) is 0 Å². The van der Waals surface area contributed by atoms with Gasteiger partial charge in [-0.3, -0.25) is 4.90 Å². The van der Waals surface area contributed by atoms with Crippen LogP contribution in [0.1, 0.15) is 36.2 Å². The highest BCUT2D eigenvalue weighted by atomic mass is 35.5. The first-order valence-corrected chi connectivity index (χ1v) is 14.2. The molecule has 8 nitrogen and oxygen atoms in total. The zero-order valence-corrected chi connectivity index (χ0v) is 23.5. The van der Waals surface area contributed by atoms with Gasteiger partial charge in [0, 0.05) is 34.2 Å². The molecule has 1 aliphatic heterocycles. The summed E-state index contributed by atoms with van der Waals surface area (Å²) >= 11 is 12.6. The van der Waals surface area contributed by atoms with Crippen molar-refractivity contribution in [3.8, 4) is 11.5 Å². The molecular weight excluding hydrogens is 549 g/mol. The van der Waals surface area contributed by atoms with Crippen LogP contribution in [0.15, 0.2) is 60.9 Å². The molecule has 1 aliphatic carbocycles. The number of alkyl halides is 1. The van der Waals surface area contributed by atoms with Crippen LogP contribution < -0.4 is 20.0 Å². The lowest BCUT2D eigenvalue weighted by Crippen LogP contribution is -2.43. The molecule has 1 amide bonds. The molecule has 10 heteroatoms. The minimum Gasteiger partial charge on any atom is -0.494 e. The Hall–Kier alpha value is -3.75. The van der Waals surface area contributed by atoms with Gasteiger partial charge in [-0.15, -0.1) is 11.6 Å². The maximum Gasteiger partial charge on any atom is 0.416 e. The van der Waals surface area contributed by atoms with E-state index in [1.54, 1.807) is 46.4 Å². The molecule has 2 aromatic heterocycles. The number of aromatic amines is 1. The van der Waals surface area contributed by atoms with Gasteiger partial charge in [-0.2, -0.15) is 15.0 Å². The van der Waals surface area contributed by atoms with Gasteiger partial charge in [-0.1, -0.05) is 42.8 Å². The summed E-state index contributed by atoms with van der Waals surface area (Å²) in [6.45, 7) is 3.84. The molecule has 3 unspecified atom stereocenters. The van der Waals surface area contributed by atoms with Crippen LogP contribution in [0.5, 0.6) is 11.5 Å². The number of ether oxygens (including phenoxy) is 2. The SMILES string of the molecule is CC1C=c2[nH]c3c(c2=CC1Cl)CCN(C(=O)Oc1ccc(Cl)cc1)C3c1ccc(OCCCn2nccn2)cc1. The van der Waals surface area contributed by atoms with Crippen molar-refractivity contribution in [2.75, 3.05) is 13.2 Å². The van der Waals surface area contributed by atoms with Gasteiger partial charge in [0.1, 0.15) is 17.5 Å². The molecule has 4 aromatic rings. The molecule has 3 atom stereocenters. The summed E-state index contributed by atoms with van der Waals surface area (Å²) in [4.78, 5) is 20.6. The predicted molar refractivity (Wildman–Crippen MR) is 154 cm³/mol. The van der Waals surface area contributed by atoms with Crippen LogP contribution in [0.25, 0.3) is 12.2 Å². The summed E-state index contributed by atoms with van der Waals surface area (Å²) in [6, 6.07) is 14.3. The highest BCUT2D eigenvalue weighted by Gasteiger charge is 2.36. The molecule has 0 radical (unpaired) electrons. The first-order chi connectivity index (χ1) is 19.5.